The molecule has 8 nitrogen and oxygen atoms in total. The van der Waals surface area contributed by atoms with E-state index in [1.807, 2.05) is 59.7 Å². The SMILES string of the molecule is C#C.CC.CC1(C)CC(=O)N(C[C@H]2CC2C(=O)N[C@H]2CC(C)(C)Oc3cc(F)ccc32)C(N)=N1.c1ccncc1. The minimum atomic E-state index is -0.514. The average molecular weight is 552 g/mol. The van der Waals surface area contributed by atoms with Crippen molar-refractivity contribution in [1.29, 1.82) is 0 Å². The van der Waals surface area contributed by atoms with Crippen molar-refractivity contribution in [2.24, 2.45) is 22.6 Å². The molecular formula is C31H42FN5O3. The van der Waals surface area contributed by atoms with Gasteiger partial charge in [-0.05, 0) is 58.2 Å². The third kappa shape index (κ3) is 8.80. The molecule has 1 saturated carbocycles. The summed E-state index contributed by atoms with van der Waals surface area (Å²) in [4.78, 5) is 35.0. The second-order valence-electron chi connectivity index (χ2n) is 10.9. The molecule has 0 spiro atoms. The zero-order chi connectivity index (χ0) is 30.1. The lowest BCUT2D eigenvalue weighted by molar-refractivity contribution is -0.130. The number of fused-ring (bicyclic) bond motifs is 1. The van der Waals surface area contributed by atoms with E-state index in [4.69, 9.17) is 10.5 Å². The van der Waals surface area contributed by atoms with Crippen LogP contribution in [0.4, 0.5) is 4.39 Å². The Morgan fingerprint density at radius 1 is 1.18 bits per heavy atom. The summed E-state index contributed by atoms with van der Waals surface area (Å²) in [6.07, 6.45) is 13.1. The number of ether oxygens (including phenoxy) is 1. The van der Waals surface area contributed by atoms with Gasteiger partial charge in [0.05, 0.1) is 18.0 Å². The molecule has 2 aliphatic heterocycles. The summed E-state index contributed by atoms with van der Waals surface area (Å²) < 4.78 is 19.5. The van der Waals surface area contributed by atoms with E-state index in [0.29, 0.717) is 31.6 Å². The number of guanidine groups is 1. The molecule has 3 atom stereocenters. The van der Waals surface area contributed by atoms with Gasteiger partial charge in [-0.2, -0.15) is 0 Å². The topological polar surface area (TPSA) is 110 Å². The number of carbonyl (C=O) groups is 2. The molecule has 1 aliphatic carbocycles. The van der Waals surface area contributed by atoms with Gasteiger partial charge in [-0.25, -0.2) is 9.38 Å². The van der Waals surface area contributed by atoms with Crippen molar-refractivity contribution < 1.29 is 18.7 Å². The molecule has 40 heavy (non-hydrogen) atoms. The number of aliphatic imine (C=N–C) groups is 1. The molecule has 1 aromatic heterocycles. The number of pyridine rings is 1. The maximum Gasteiger partial charge on any atom is 0.231 e. The van der Waals surface area contributed by atoms with E-state index in [-0.39, 0.29) is 41.5 Å². The number of benzene rings is 1. The number of hydrogen-bond acceptors (Lipinski definition) is 6. The number of hydrogen-bond donors (Lipinski definition) is 2. The molecule has 216 valence electrons. The first-order valence-electron chi connectivity index (χ1n) is 13.6. The molecule has 1 aromatic carbocycles. The third-order valence-electron chi connectivity index (χ3n) is 6.57. The number of amides is 2. The minimum Gasteiger partial charge on any atom is -0.487 e. The van der Waals surface area contributed by atoms with Crippen LogP contribution >= 0.6 is 0 Å². The zero-order valence-corrected chi connectivity index (χ0v) is 24.4. The average Bonchev–Trinajstić information content (AvgIpc) is 3.68. The molecule has 3 N–H and O–H groups in total. The monoisotopic (exact) mass is 551 g/mol. The van der Waals surface area contributed by atoms with Gasteiger partial charge >= 0.3 is 0 Å². The van der Waals surface area contributed by atoms with E-state index < -0.39 is 11.1 Å². The molecule has 0 saturated heterocycles. The molecule has 3 aliphatic rings. The van der Waals surface area contributed by atoms with Crippen LogP contribution in [-0.4, -0.2) is 45.3 Å². The van der Waals surface area contributed by atoms with Crippen LogP contribution in [-0.2, 0) is 9.59 Å². The van der Waals surface area contributed by atoms with Crippen LogP contribution in [0.5, 0.6) is 5.75 Å². The van der Waals surface area contributed by atoms with Gasteiger partial charge in [0.1, 0.15) is 17.2 Å². The second kappa shape index (κ2) is 13.9. The van der Waals surface area contributed by atoms with Crippen molar-refractivity contribution in [1.82, 2.24) is 15.2 Å². The molecule has 1 fully saturated rings. The first kappa shape index (κ1) is 32.3. The molecule has 9 heteroatoms. The van der Waals surface area contributed by atoms with Crippen LogP contribution < -0.4 is 15.8 Å². The van der Waals surface area contributed by atoms with Gasteiger partial charge in [0.2, 0.25) is 11.8 Å². The Labute approximate surface area is 237 Å². The summed E-state index contributed by atoms with van der Waals surface area (Å²) >= 11 is 0. The van der Waals surface area contributed by atoms with Crippen molar-refractivity contribution in [3.8, 4) is 18.6 Å². The number of halogens is 1. The van der Waals surface area contributed by atoms with E-state index in [1.165, 1.54) is 17.0 Å². The smallest absolute Gasteiger partial charge is 0.231 e. The first-order valence-corrected chi connectivity index (χ1v) is 13.6. The van der Waals surface area contributed by atoms with Crippen LogP contribution in [0.25, 0.3) is 0 Å². The van der Waals surface area contributed by atoms with Crippen molar-refractivity contribution in [2.45, 2.75) is 78.0 Å². The van der Waals surface area contributed by atoms with Gasteiger partial charge in [-0.3, -0.25) is 19.5 Å². The van der Waals surface area contributed by atoms with Crippen molar-refractivity contribution in [2.75, 3.05) is 6.54 Å². The van der Waals surface area contributed by atoms with Crippen molar-refractivity contribution in [3.05, 3.63) is 60.2 Å². The fraction of sp³-hybridized carbons (Fsp3) is 0.484. The number of nitrogens with one attached hydrogen (secondary N) is 1. The summed E-state index contributed by atoms with van der Waals surface area (Å²) in [7, 11) is 0. The Bertz CT molecular complexity index is 1170. The molecule has 5 rings (SSSR count). The molecule has 2 aromatic rings. The van der Waals surface area contributed by atoms with Crippen LogP contribution in [0, 0.1) is 30.5 Å². The van der Waals surface area contributed by atoms with Crippen LogP contribution in [0.3, 0.4) is 0 Å². The first-order chi connectivity index (χ1) is 18.9. The highest BCUT2D eigenvalue weighted by Crippen LogP contribution is 2.43. The second-order valence-corrected chi connectivity index (χ2v) is 10.9. The van der Waals surface area contributed by atoms with E-state index in [9.17, 15) is 14.0 Å². The van der Waals surface area contributed by atoms with Crippen LogP contribution in [0.2, 0.25) is 0 Å². The summed E-state index contributed by atoms with van der Waals surface area (Å²) in [6.45, 7) is 12.0. The quantitative estimate of drug-likeness (QED) is 0.527. The molecular weight excluding hydrogens is 509 g/mol. The Balaban J connectivity index is 0.000000482. The van der Waals surface area contributed by atoms with E-state index in [2.05, 4.69) is 28.1 Å². The largest absolute Gasteiger partial charge is 0.487 e. The number of terminal acetylenes is 1. The molecule has 2 amide bonds. The maximum absolute atomic E-state index is 13.6. The lowest BCUT2D eigenvalue weighted by atomic mass is 9.89. The number of nitrogens with zero attached hydrogens (tertiary/aromatic N) is 3. The summed E-state index contributed by atoms with van der Waals surface area (Å²) in [6, 6.07) is 9.88. The van der Waals surface area contributed by atoms with Crippen LogP contribution in [0.15, 0.2) is 53.8 Å². The highest BCUT2D eigenvalue weighted by Gasteiger charge is 2.47. The summed E-state index contributed by atoms with van der Waals surface area (Å²) in [5.41, 5.74) is 5.78. The van der Waals surface area contributed by atoms with Crippen molar-refractivity contribution >= 4 is 17.8 Å². The van der Waals surface area contributed by atoms with E-state index in [1.54, 1.807) is 18.5 Å². The minimum absolute atomic E-state index is 0.0549. The molecule has 0 bridgehead atoms. The fourth-order valence-corrected chi connectivity index (χ4v) is 4.75. The van der Waals surface area contributed by atoms with Crippen LogP contribution in [0.1, 0.15) is 72.4 Å². The number of carbonyl (C=O) groups excluding carboxylic acids is 2. The predicted octanol–water partition coefficient (Wildman–Crippen LogP) is 4.86. The number of rotatable bonds is 4. The Hall–Kier alpha value is -3.93. The Morgan fingerprint density at radius 2 is 1.82 bits per heavy atom. The maximum atomic E-state index is 13.6. The molecule has 1 unspecified atom stereocenters. The van der Waals surface area contributed by atoms with E-state index in [0.717, 1.165) is 5.56 Å². The van der Waals surface area contributed by atoms with Gasteiger partial charge < -0.3 is 15.8 Å². The van der Waals surface area contributed by atoms with Gasteiger partial charge in [0.15, 0.2) is 5.96 Å². The lowest BCUT2D eigenvalue weighted by Crippen LogP contribution is -2.50. The normalized spacial score (nSPS) is 23.0. The zero-order valence-electron chi connectivity index (χ0n) is 24.4. The summed E-state index contributed by atoms with van der Waals surface area (Å²) in [5, 5.41) is 3.11. The van der Waals surface area contributed by atoms with Gasteiger partial charge in [0.25, 0.3) is 0 Å². The predicted molar refractivity (Wildman–Crippen MR) is 156 cm³/mol. The van der Waals surface area contributed by atoms with E-state index >= 15 is 0 Å². The van der Waals surface area contributed by atoms with Gasteiger partial charge in [-0.15, -0.1) is 12.8 Å². The molecule has 3 heterocycles. The Kier molecular flexibility index (Phi) is 11.2. The standard InChI is InChI=1S/C22H29FN4O3.C5H5N.C2H6.C2H2/c1-21(2)10-18(28)27(20(24)26-21)11-12-7-15(12)19(29)25-16-9-22(3,4)30-17-8-13(23)5-6-14(16)17;1-2-4-6-5-3-1;2*1-2/h5-6,8,12,15-16H,7,9-11H2,1-4H3,(H2,24,26)(H,25,29);1-5H;1-2H3;1-2H/t12-,15?,16+;;;/m1.../s1. The van der Waals surface area contributed by atoms with Gasteiger partial charge in [0, 0.05) is 42.9 Å². The Morgan fingerprint density at radius 3 is 2.38 bits per heavy atom. The highest BCUT2D eigenvalue weighted by atomic mass is 19.1. The highest BCUT2D eigenvalue weighted by molar-refractivity contribution is 5.99. The fourth-order valence-electron chi connectivity index (χ4n) is 4.75. The number of aromatic nitrogens is 1. The molecule has 0 radical (unpaired) electrons. The third-order valence-corrected chi connectivity index (χ3v) is 6.57. The lowest BCUT2D eigenvalue weighted by Gasteiger charge is -2.38. The summed E-state index contributed by atoms with van der Waals surface area (Å²) in [5.74, 6) is 0.102. The van der Waals surface area contributed by atoms with Gasteiger partial charge in [-0.1, -0.05) is 26.0 Å². The van der Waals surface area contributed by atoms with Crippen molar-refractivity contribution in [3.63, 3.8) is 0 Å². The number of nitrogens with two attached hydrogens (primary N) is 1.